The van der Waals surface area contributed by atoms with E-state index in [1.165, 1.54) is 33.1 Å². The summed E-state index contributed by atoms with van der Waals surface area (Å²) in [5.41, 5.74) is 0.604. The molecule has 0 bridgehead atoms. The van der Waals surface area contributed by atoms with Gasteiger partial charge in [-0.1, -0.05) is 0 Å². The van der Waals surface area contributed by atoms with E-state index in [2.05, 4.69) is 5.10 Å². The standard InChI is InChI=1S/C22H20N2O7/c1-27-14-7-6-13-17(22(24-9-5-8-23-24)31-20(13)19(14)26)18(25)12-10-15(28-2)21(30-4)16(11-12)29-3/h5-11,26H,1-4H3. The lowest BCUT2D eigenvalue weighted by Gasteiger charge is -2.13. The third-order valence-electron chi connectivity index (χ3n) is 4.86. The maximum atomic E-state index is 13.7. The van der Waals surface area contributed by atoms with Gasteiger partial charge in [0.25, 0.3) is 0 Å². The zero-order valence-corrected chi connectivity index (χ0v) is 17.3. The molecule has 31 heavy (non-hydrogen) atoms. The predicted octanol–water partition coefficient (Wildman–Crippen LogP) is 3.59. The minimum Gasteiger partial charge on any atom is -0.502 e. The minimum absolute atomic E-state index is 0.112. The molecule has 0 spiro atoms. The molecule has 0 aliphatic heterocycles. The molecule has 0 saturated carbocycles. The normalized spacial score (nSPS) is 10.8. The Morgan fingerprint density at radius 1 is 1.00 bits per heavy atom. The lowest BCUT2D eigenvalue weighted by molar-refractivity contribution is 0.103. The van der Waals surface area contributed by atoms with E-state index in [-0.39, 0.29) is 39.9 Å². The molecule has 0 unspecified atom stereocenters. The van der Waals surface area contributed by atoms with E-state index in [0.717, 1.165) is 0 Å². The Morgan fingerprint density at radius 3 is 2.23 bits per heavy atom. The summed E-state index contributed by atoms with van der Waals surface area (Å²) in [5, 5.41) is 15.1. The van der Waals surface area contributed by atoms with E-state index in [0.29, 0.717) is 22.6 Å². The molecule has 0 aliphatic rings. The number of aromatic nitrogens is 2. The summed E-state index contributed by atoms with van der Waals surface area (Å²) in [6.45, 7) is 0. The number of benzene rings is 2. The van der Waals surface area contributed by atoms with Crippen LogP contribution < -0.4 is 18.9 Å². The second-order valence-corrected chi connectivity index (χ2v) is 6.47. The summed E-state index contributed by atoms with van der Waals surface area (Å²) in [6, 6.07) is 8.01. The van der Waals surface area contributed by atoms with Crippen LogP contribution in [0.1, 0.15) is 15.9 Å². The zero-order valence-electron chi connectivity index (χ0n) is 17.3. The molecule has 1 N–H and O–H groups in total. The Morgan fingerprint density at radius 2 is 1.68 bits per heavy atom. The quantitative estimate of drug-likeness (QED) is 0.449. The molecule has 2 aromatic carbocycles. The van der Waals surface area contributed by atoms with Crippen LogP contribution in [-0.4, -0.2) is 49.1 Å². The van der Waals surface area contributed by atoms with Gasteiger partial charge in [0.1, 0.15) is 0 Å². The van der Waals surface area contributed by atoms with E-state index >= 15 is 0 Å². The summed E-state index contributed by atoms with van der Waals surface area (Å²) in [4.78, 5) is 13.7. The zero-order chi connectivity index (χ0) is 22.1. The van der Waals surface area contributed by atoms with Crippen molar-refractivity contribution in [3.63, 3.8) is 0 Å². The van der Waals surface area contributed by atoms with E-state index in [1.54, 1.807) is 42.7 Å². The van der Waals surface area contributed by atoms with Crippen LogP contribution in [0.3, 0.4) is 0 Å². The largest absolute Gasteiger partial charge is 0.502 e. The van der Waals surface area contributed by atoms with Gasteiger partial charge in [0.05, 0.1) is 34.0 Å². The number of ether oxygens (including phenoxy) is 4. The number of furan rings is 1. The predicted molar refractivity (Wildman–Crippen MR) is 111 cm³/mol. The Bertz CT molecular complexity index is 1230. The van der Waals surface area contributed by atoms with Crippen LogP contribution in [0.5, 0.6) is 28.7 Å². The Labute approximate surface area is 177 Å². The fourth-order valence-corrected chi connectivity index (χ4v) is 3.41. The topological polar surface area (TPSA) is 105 Å². The van der Waals surface area contributed by atoms with Crippen LogP contribution in [0.25, 0.3) is 16.9 Å². The molecular weight excluding hydrogens is 404 g/mol. The molecule has 9 nitrogen and oxygen atoms in total. The molecule has 0 saturated heterocycles. The highest BCUT2D eigenvalue weighted by Crippen LogP contribution is 2.42. The van der Waals surface area contributed by atoms with Gasteiger partial charge in [0.2, 0.25) is 17.4 Å². The number of phenolic OH excluding ortho intramolecular Hbond substituents is 1. The lowest BCUT2D eigenvalue weighted by atomic mass is 10.0. The van der Waals surface area contributed by atoms with Crippen LogP contribution in [0.2, 0.25) is 0 Å². The number of phenols is 1. The number of rotatable bonds is 7. The first kappa shape index (κ1) is 20.1. The molecule has 0 amide bonds. The molecule has 9 heteroatoms. The highest BCUT2D eigenvalue weighted by Gasteiger charge is 2.28. The van der Waals surface area contributed by atoms with E-state index in [1.807, 2.05) is 0 Å². The monoisotopic (exact) mass is 424 g/mol. The van der Waals surface area contributed by atoms with E-state index in [4.69, 9.17) is 23.4 Å². The van der Waals surface area contributed by atoms with Gasteiger partial charge in [-0.2, -0.15) is 5.10 Å². The van der Waals surface area contributed by atoms with Crippen molar-refractivity contribution >= 4 is 16.8 Å². The van der Waals surface area contributed by atoms with Gasteiger partial charge in [0.15, 0.2) is 28.6 Å². The smallest absolute Gasteiger partial charge is 0.232 e. The number of ketones is 1. The third-order valence-corrected chi connectivity index (χ3v) is 4.86. The Kier molecular flexibility index (Phi) is 5.16. The Balaban J connectivity index is 1.98. The van der Waals surface area contributed by atoms with Gasteiger partial charge in [-0.3, -0.25) is 4.79 Å². The SMILES string of the molecule is COc1cc(C(=O)c2c(-n3cccn3)oc3c(O)c(OC)ccc23)cc(OC)c1OC. The van der Waals surface area contributed by atoms with Crippen molar-refractivity contribution < 1.29 is 33.3 Å². The van der Waals surface area contributed by atoms with Gasteiger partial charge >= 0.3 is 0 Å². The number of fused-ring (bicyclic) bond motifs is 1. The van der Waals surface area contributed by atoms with Crippen molar-refractivity contribution in [2.75, 3.05) is 28.4 Å². The number of carbonyl (C=O) groups is 1. The highest BCUT2D eigenvalue weighted by atomic mass is 16.5. The number of carbonyl (C=O) groups excluding carboxylic acids is 1. The Hall–Kier alpha value is -4.14. The molecule has 2 heterocycles. The van der Waals surface area contributed by atoms with Crippen molar-refractivity contribution in [3.05, 3.63) is 53.9 Å². The summed E-state index contributed by atoms with van der Waals surface area (Å²) < 4.78 is 28.5. The van der Waals surface area contributed by atoms with Crippen LogP contribution >= 0.6 is 0 Å². The number of hydrogen-bond acceptors (Lipinski definition) is 8. The molecule has 4 aromatic rings. The van der Waals surface area contributed by atoms with Crippen molar-refractivity contribution in [1.82, 2.24) is 9.78 Å². The van der Waals surface area contributed by atoms with Gasteiger partial charge < -0.3 is 28.5 Å². The van der Waals surface area contributed by atoms with Crippen molar-refractivity contribution in [2.45, 2.75) is 0 Å². The fourth-order valence-electron chi connectivity index (χ4n) is 3.41. The number of hydrogen-bond donors (Lipinski definition) is 1. The minimum atomic E-state index is -0.381. The van der Waals surface area contributed by atoms with E-state index in [9.17, 15) is 9.90 Å². The molecule has 0 atom stereocenters. The first-order chi connectivity index (χ1) is 15.0. The number of nitrogens with zero attached hydrogens (tertiary/aromatic N) is 2. The van der Waals surface area contributed by atoms with Crippen LogP contribution in [0.15, 0.2) is 47.1 Å². The summed E-state index contributed by atoms with van der Waals surface area (Å²) in [6.07, 6.45) is 3.19. The molecular formula is C22H20N2O7. The second kappa shape index (κ2) is 7.94. The first-order valence-electron chi connectivity index (χ1n) is 9.21. The van der Waals surface area contributed by atoms with Gasteiger partial charge in [-0.15, -0.1) is 0 Å². The van der Waals surface area contributed by atoms with Gasteiger partial charge in [-0.25, -0.2) is 4.68 Å². The van der Waals surface area contributed by atoms with Gasteiger partial charge in [-0.05, 0) is 30.3 Å². The summed E-state index contributed by atoms with van der Waals surface area (Å²) in [7, 11) is 5.86. The average molecular weight is 424 g/mol. The summed E-state index contributed by atoms with van der Waals surface area (Å²) >= 11 is 0. The summed E-state index contributed by atoms with van der Waals surface area (Å²) in [5.74, 6) is 0.826. The van der Waals surface area contributed by atoms with Crippen molar-refractivity contribution in [2.24, 2.45) is 0 Å². The van der Waals surface area contributed by atoms with Crippen LogP contribution in [0, 0.1) is 0 Å². The molecule has 160 valence electrons. The molecule has 0 aliphatic carbocycles. The van der Waals surface area contributed by atoms with Crippen molar-refractivity contribution in [1.29, 1.82) is 0 Å². The molecule has 4 rings (SSSR count). The number of methoxy groups -OCH3 is 4. The lowest BCUT2D eigenvalue weighted by Crippen LogP contribution is -2.07. The maximum Gasteiger partial charge on any atom is 0.232 e. The van der Waals surface area contributed by atoms with Gasteiger partial charge in [0, 0.05) is 23.3 Å². The third kappa shape index (κ3) is 3.20. The average Bonchev–Trinajstić information content (AvgIpc) is 3.46. The van der Waals surface area contributed by atoms with Crippen molar-refractivity contribution in [3.8, 4) is 34.6 Å². The maximum absolute atomic E-state index is 13.7. The van der Waals surface area contributed by atoms with Crippen LogP contribution in [-0.2, 0) is 0 Å². The fraction of sp³-hybridized carbons (Fsp3) is 0.182. The van der Waals surface area contributed by atoms with Crippen LogP contribution in [0.4, 0.5) is 0 Å². The first-order valence-corrected chi connectivity index (χ1v) is 9.21. The van der Waals surface area contributed by atoms with E-state index < -0.39 is 0 Å². The molecule has 2 aromatic heterocycles. The molecule has 0 radical (unpaired) electrons. The molecule has 0 fully saturated rings. The highest BCUT2D eigenvalue weighted by molar-refractivity contribution is 6.19. The second-order valence-electron chi connectivity index (χ2n) is 6.47. The number of aromatic hydroxyl groups is 1.